The predicted octanol–water partition coefficient (Wildman–Crippen LogP) is 1.08. The van der Waals surface area contributed by atoms with E-state index in [0.717, 1.165) is 5.56 Å². The molecule has 0 atom stereocenters. The highest BCUT2D eigenvalue weighted by Gasteiger charge is 2.01. The molecule has 0 aliphatic rings. The molecule has 0 aliphatic carbocycles. The van der Waals surface area contributed by atoms with Gasteiger partial charge in [-0.3, -0.25) is 0 Å². The second kappa shape index (κ2) is 4.35. The topological polar surface area (TPSA) is 67.8 Å². The average molecular weight is 180 g/mol. The van der Waals surface area contributed by atoms with E-state index < -0.39 is 0 Å². The molecule has 1 aromatic rings. The molecular formula is C9H12N2O2. The van der Waals surface area contributed by atoms with E-state index >= 15 is 0 Å². The SMILES string of the molecule is CCOc1cc(C=NN)ccc1O. The molecule has 0 spiro atoms. The van der Waals surface area contributed by atoms with Gasteiger partial charge >= 0.3 is 0 Å². The van der Waals surface area contributed by atoms with E-state index in [9.17, 15) is 5.11 Å². The Morgan fingerprint density at radius 2 is 2.38 bits per heavy atom. The summed E-state index contributed by atoms with van der Waals surface area (Å²) >= 11 is 0. The number of benzene rings is 1. The Bertz CT molecular complexity index is 310. The van der Waals surface area contributed by atoms with Crippen molar-refractivity contribution in [1.82, 2.24) is 0 Å². The molecular weight excluding hydrogens is 168 g/mol. The van der Waals surface area contributed by atoms with Crippen molar-refractivity contribution in [2.45, 2.75) is 6.92 Å². The lowest BCUT2D eigenvalue weighted by Crippen LogP contribution is -1.93. The van der Waals surface area contributed by atoms with Crippen LogP contribution in [0.1, 0.15) is 12.5 Å². The first-order valence-electron chi connectivity index (χ1n) is 3.97. The highest BCUT2D eigenvalue weighted by atomic mass is 16.5. The number of hydrogen-bond acceptors (Lipinski definition) is 4. The second-order valence-electron chi connectivity index (χ2n) is 2.44. The van der Waals surface area contributed by atoms with Crippen molar-refractivity contribution < 1.29 is 9.84 Å². The number of ether oxygens (including phenoxy) is 1. The van der Waals surface area contributed by atoms with Gasteiger partial charge in [-0.15, -0.1) is 0 Å². The zero-order valence-corrected chi connectivity index (χ0v) is 7.40. The monoisotopic (exact) mass is 180 g/mol. The lowest BCUT2D eigenvalue weighted by molar-refractivity contribution is 0.318. The average Bonchev–Trinajstić information content (AvgIpc) is 2.12. The van der Waals surface area contributed by atoms with Crippen LogP contribution < -0.4 is 10.6 Å². The van der Waals surface area contributed by atoms with E-state index in [1.165, 1.54) is 6.21 Å². The first-order chi connectivity index (χ1) is 6.27. The lowest BCUT2D eigenvalue weighted by atomic mass is 10.2. The Hall–Kier alpha value is -1.71. The Balaban J connectivity index is 2.96. The smallest absolute Gasteiger partial charge is 0.161 e. The molecule has 0 saturated carbocycles. The summed E-state index contributed by atoms with van der Waals surface area (Å²) in [5, 5.41) is 12.7. The Kier molecular flexibility index (Phi) is 3.14. The summed E-state index contributed by atoms with van der Waals surface area (Å²) in [6.07, 6.45) is 1.49. The fourth-order valence-electron chi connectivity index (χ4n) is 0.968. The molecule has 0 aromatic heterocycles. The van der Waals surface area contributed by atoms with Gasteiger partial charge < -0.3 is 15.7 Å². The minimum Gasteiger partial charge on any atom is -0.504 e. The van der Waals surface area contributed by atoms with E-state index in [1.54, 1.807) is 18.2 Å². The van der Waals surface area contributed by atoms with Gasteiger partial charge in [-0.2, -0.15) is 5.10 Å². The number of hydrogen-bond donors (Lipinski definition) is 2. The van der Waals surface area contributed by atoms with Crippen LogP contribution in [0.2, 0.25) is 0 Å². The van der Waals surface area contributed by atoms with Crippen LogP contribution in [0.3, 0.4) is 0 Å². The first-order valence-corrected chi connectivity index (χ1v) is 3.97. The number of nitrogens with two attached hydrogens (primary N) is 1. The van der Waals surface area contributed by atoms with Crippen molar-refractivity contribution in [1.29, 1.82) is 0 Å². The van der Waals surface area contributed by atoms with Gasteiger partial charge in [0, 0.05) is 0 Å². The van der Waals surface area contributed by atoms with Crippen LogP contribution in [0.5, 0.6) is 11.5 Å². The molecule has 0 fully saturated rings. The summed E-state index contributed by atoms with van der Waals surface area (Å²) in [5.74, 6) is 5.55. The Morgan fingerprint density at radius 3 is 3.00 bits per heavy atom. The molecule has 0 amide bonds. The molecule has 70 valence electrons. The van der Waals surface area contributed by atoms with Crippen LogP contribution in [0.25, 0.3) is 0 Å². The molecule has 4 nitrogen and oxygen atoms in total. The summed E-state index contributed by atoms with van der Waals surface area (Å²) in [4.78, 5) is 0. The fourth-order valence-corrected chi connectivity index (χ4v) is 0.968. The molecule has 0 unspecified atom stereocenters. The Morgan fingerprint density at radius 1 is 1.62 bits per heavy atom. The summed E-state index contributed by atoms with van der Waals surface area (Å²) < 4.78 is 5.17. The molecule has 0 bridgehead atoms. The second-order valence-corrected chi connectivity index (χ2v) is 2.44. The third-order valence-electron chi connectivity index (χ3n) is 1.51. The first kappa shape index (κ1) is 9.38. The molecule has 0 saturated heterocycles. The third-order valence-corrected chi connectivity index (χ3v) is 1.51. The van der Waals surface area contributed by atoms with E-state index in [2.05, 4.69) is 5.10 Å². The highest BCUT2D eigenvalue weighted by Crippen LogP contribution is 2.25. The van der Waals surface area contributed by atoms with Crippen LogP contribution in [0, 0.1) is 0 Å². The van der Waals surface area contributed by atoms with Crippen molar-refractivity contribution in [2.24, 2.45) is 10.9 Å². The van der Waals surface area contributed by atoms with Crippen molar-refractivity contribution in [3.8, 4) is 11.5 Å². The number of phenols is 1. The van der Waals surface area contributed by atoms with Crippen LogP contribution in [0.15, 0.2) is 23.3 Å². The fraction of sp³-hybridized carbons (Fsp3) is 0.222. The minimum atomic E-state index is 0.121. The van der Waals surface area contributed by atoms with Crippen LogP contribution >= 0.6 is 0 Å². The number of hydrazone groups is 1. The van der Waals surface area contributed by atoms with Crippen molar-refractivity contribution >= 4 is 6.21 Å². The van der Waals surface area contributed by atoms with E-state index in [1.807, 2.05) is 6.92 Å². The number of phenolic OH excluding ortho intramolecular Hbond substituents is 1. The molecule has 1 aromatic carbocycles. The summed E-state index contributed by atoms with van der Waals surface area (Å²) in [6, 6.07) is 4.92. The lowest BCUT2D eigenvalue weighted by Gasteiger charge is -2.05. The molecule has 0 heterocycles. The van der Waals surface area contributed by atoms with E-state index in [0.29, 0.717) is 12.4 Å². The van der Waals surface area contributed by atoms with Gasteiger partial charge in [-0.05, 0) is 30.7 Å². The largest absolute Gasteiger partial charge is 0.504 e. The van der Waals surface area contributed by atoms with Crippen molar-refractivity contribution in [2.75, 3.05) is 6.61 Å². The van der Waals surface area contributed by atoms with Crippen LogP contribution in [0.4, 0.5) is 0 Å². The molecule has 0 radical (unpaired) electrons. The van der Waals surface area contributed by atoms with Gasteiger partial charge in [0.25, 0.3) is 0 Å². The van der Waals surface area contributed by atoms with Gasteiger partial charge in [0.1, 0.15) is 0 Å². The van der Waals surface area contributed by atoms with Gasteiger partial charge in [0.05, 0.1) is 12.8 Å². The van der Waals surface area contributed by atoms with E-state index in [-0.39, 0.29) is 5.75 Å². The molecule has 0 aliphatic heterocycles. The zero-order valence-electron chi connectivity index (χ0n) is 7.40. The number of nitrogens with zero attached hydrogens (tertiary/aromatic N) is 1. The molecule has 4 heteroatoms. The normalized spacial score (nSPS) is 10.5. The molecule has 13 heavy (non-hydrogen) atoms. The third kappa shape index (κ3) is 2.37. The number of rotatable bonds is 3. The standard InChI is InChI=1S/C9H12N2O2/c1-2-13-9-5-7(6-11-10)3-4-8(9)12/h3-6,12H,2,10H2,1H3. The Labute approximate surface area is 76.6 Å². The summed E-state index contributed by atoms with van der Waals surface area (Å²) in [5.41, 5.74) is 0.795. The minimum absolute atomic E-state index is 0.121. The van der Waals surface area contributed by atoms with Gasteiger partial charge in [0.2, 0.25) is 0 Å². The molecule has 3 N–H and O–H groups in total. The van der Waals surface area contributed by atoms with Gasteiger partial charge in [-0.1, -0.05) is 0 Å². The van der Waals surface area contributed by atoms with Crippen LogP contribution in [-0.4, -0.2) is 17.9 Å². The zero-order chi connectivity index (χ0) is 9.68. The predicted molar refractivity (Wildman–Crippen MR) is 51.1 cm³/mol. The van der Waals surface area contributed by atoms with E-state index in [4.69, 9.17) is 10.6 Å². The maximum Gasteiger partial charge on any atom is 0.161 e. The maximum absolute atomic E-state index is 9.33. The van der Waals surface area contributed by atoms with Crippen molar-refractivity contribution in [3.63, 3.8) is 0 Å². The molecule has 1 rings (SSSR count). The summed E-state index contributed by atoms with van der Waals surface area (Å²) in [6.45, 7) is 2.36. The highest BCUT2D eigenvalue weighted by molar-refractivity contribution is 5.80. The maximum atomic E-state index is 9.33. The van der Waals surface area contributed by atoms with Gasteiger partial charge in [-0.25, -0.2) is 0 Å². The van der Waals surface area contributed by atoms with Crippen molar-refractivity contribution in [3.05, 3.63) is 23.8 Å². The number of aromatic hydroxyl groups is 1. The quantitative estimate of drug-likeness (QED) is 0.415. The summed E-state index contributed by atoms with van der Waals surface area (Å²) in [7, 11) is 0. The van der Waals surface area contributed by atoms with Gasteiger partial charge in [0.15, 0.2) is 11.5 Å². The van der Waals surface area contributed by atoms with Crippen LogP contribution in [-0.2, 0) is 0 Å².